The quantitative estimate of drug-likeness (QED) is 0.472. The van der Waals surface area contributed by atoms with E-state index < -0.39 is 14.9 Å². The van der Waals surface area contributed by atoms with Crippen LogP contribution in [0.2, 0.25) is 0 Å². The smallest absolute Gasteiger partial charge is 0.271 e. The molecule has 0 radical (unpaired) electrons. The van der Waals surface area contributed by atoms with Crippen molar-refractivity contribution in [2.45, 2.75) is 25.3 Å². The summed E-state index contributed by atoms with van der Waals surface area (Å²) in [6.45, 7) is 3.17. The molecule has 0 bridgehead atoms. The largest absolute Gasteiger partial charge is 0.467 e. The lowest BCUT2D eigenvalue weighted by molar-refractivity contribution is -0.385. The van der Waals surface area contributed by atoms with Crippen molar-refractivity contribution >= 4 is 21.5 Å². The van der Waals surface area contributed by atoms with Gasteiger partial charge < -0.3 is 4.42 Å². The van der Waals surface area contributed by atoms with Crippen molar-refractivity contribution in [3.05, 3.63) is 81.9 Å². The fraction of sp³-hybridized carbons (Fsp3) is 0.167. The standard InChI is InChI=1S/C18H17N3O5S/c1-13-10-15(21(22)23)11-17(14(13)2)27(24,25)20(12-16-6-5-9-26-16)18-7-3-4-8-19-18/h3-11H,12H2,1-2H3. The van der Waals surface area contributed by atoms with Crippen molar-refractivity contribution in [3.8, 4) is 0 Å². The molecule has 0 saturated carbocycles. The molecule has 27 heavy (non-hydrogen) atoms. The molecule has 0 fully saturated rings. The lowest BCUT2D eigenvalue weighted by Crippen LogP contribution is -2.31. The molecule has 0 aliphatic heterocycles. The van der Waals surface area contributed by atoms with E-state index in [0.717, 1.165) is 10.4 Å². The highest BCUT2D eigenvalue weighted by atomic mass is 32.2. The summed E-state index contributed by atoms with van der Waals surface area (Å²) in [6, 6.07) is 10.6. The molecular formula is C18H17N3O5S. The van der Waals surface area contributed by atoms with Crippen molar-refractivity contribution in [3.63, 3.8) is 0 Å². The number of nitro groups is 1. The molecule has 0 N–H and O–H groups in total. The monoisotopic (exact) mass is 387 g/mol. The second-order valence-corrected chi connectivity index (χ2v) is 7.75. The Balaban J connectivity index is 2.18. The SMILES string of the molecule is Cc1cc([N+](=O)[O-])cc(S(=O)(=O)N(Cc2ccco2)c2ccccn2)c1C. The summed E-state index contributed by atoms with van der Waals surface area (Å²) in [7, 11) is -4.13. The van der Waals surface area contributed by atoms with E-state index in [2.05, 4.69) is 4.98 Å². The number of hydrogen-bond donors (Lipinski definition) is 0. The first-order valence-electron chi connectivity index (χ1n) is 8.02. The average molecular weight is 387 g/mol. The minimum absolute atomic E-state index is 0.0898. The number of pyridine rings is 1. The lowest BCUT2D eigenvalue weighted by Gasteiger charge is -2.23. The van der Waals surface area contributed by atoms with Crippen LogP contribution in [0.1, 0.15) is 16.9 Å². The van der Waals surface area contributed by atoms with Gasteiger partial charge in [0.25, 0.3) is 15.7 Å². The molecule has 0 aliphatic carbocycles. The van der Waals surface area contributed by atoms with Crippen molar-refractivity contribution in [1.82, 2.24) is 4.98 Å². The summed E-state index contributed by atoms with van der Waals surface area (Å²) in [5.74, 6) is 0.612. The van der Waals surface area contributed by atoms with Gasteiger partial charge in [-0.2, -0.15) is 0 Å². The summed E-state index contributed by atoms with van der Waals surface area (Å²) in [5.41, 5.74) is 0.679. The second-order valence-electron chi connectivity index (χ2n) is 5.92. The minimum atomic E-state index is -4.13. The maximum Gasteiger partial charge on any atom is 0.271 e. The van der Waals surface area contributed by atoms with Gasteiger partial charge in [0, 0.05) is 18.3 Å². The van der Waals surface area contributed by atoms with E-state index >= 15 is 0 Å². The first kappa shape index (κ1) is 18.6. The van der Waals surface area contributed by atoms with Gasteiger partial charge in [0.15, 0.2) is 0 Å². The molecule has 0 aliphatic rings. The van der Waals surface area contributed by atoms with Crippen LogP contribution in [0.15, 0.2) is 64.2 Å². The molecule has 9 heteroatoms. The number of non-ortho nitro benzene ring substituents is 1. The maximum atomic E-state index is 13.4. The van der Waals surface area contributed by atoms with Crippen molar-refractivity contribution in [2.24, 2.45) is 0 Å². The minimum Gasteiger partial charge on any atom is -0.467 e. The number of anilines is 1. The first-order valence-corrected chi connectivity index (χ1v) is 9.46. The Morgan fingerprint density at radius 1 is 1.19 bits per heavy atom. The molecule has 0 amide bonds. The van der Waals surface area contributed by atoms with Gasteiger partial charge in [-0.05, 0) is 49.2 Å². The summed E-state index contributed by atoms with van der Waals surface area (Å²) in [4.78, 5) is 14.6. The molecule has 140 valence electrons. The first-order chi connectivity index (χ1) is 12.8. The highest BCUT2D eigenvalue weighted by molar-refractivity contribution is 7.92. The van der Waals surface area contributed by atoms with E-state index in [1.165, 1.54) is 18.5 Å². The van der Waals surface area contributed by atoms with E-state index in [9.17, 15) is 18.5 Å². The van der Waals surface area contributed by atoms with Crippen molar-refractivity contribution < 1.29 is 17.8 Å². The van der Waals surface area contributed by atoms with Gasteiger partial charge in [0.1, 0.15) is 11.6 Å². The molecule has 0 unspecified atom stereocenters. The highest BCUT2D eigenvalue weighted by Crippen LogP contribution is 2.30. The maximum absolute atomic E-state index is 13.4. The number of hydrogen-bond acceptors (Lipinski definition) is 6. The van der Waals surface area contributed by atoms with Gasteiger partial charge in [-0.1, -0.05) is 6.07 Å². The average Bonchev–Trinajstić information content (AvgIpc) is 3.15. The van der Waals surface area contributed by atoms with Crippen LogP contribution >= 0.6 is 0 Å². The van der Waals surface area contributed by atoms with Crippen molar-refractivity contribution in [2.75, 3.05) is 4.31 Å². The fourth-order valence-electron chi connectivity index (χ4n) is 2.64. The molecular weight excluding hydrogens is 370 g/mol. The number of rotatable bonds is 6. The Morgan fingerprint density at radius 3 is 2.56 bits per heavy atom. The molecule has 2 aromatic heterocycles. The highest BCUT2D eigenvalue weighted by Gasteiger charge is 2.30. The van der Waals surface area contributed by atoms with Gasteiger partial charge >= 0.3 is 0 Å². The van der Waals surface area contributed by atoms with E-state index in [0.29, 0.717) is 16.9 Å². The van der Waals surface area contributed by atoms with Crippen LogP contribution in [-0.2, 0) is 16.6 Å². The van der Waals surface area contributed by atoms with E-state index in [1.807, 2.05) is 0 Å². The third-order valence-electron chi connectivity index (χ3n) is 4.17. The number of nitro benzene ring substituents is 1. The number of nitrogens with zero attached hydrogens (tertiary/aromatic N) is 3. The summed E-state index contributed by atoms with van der Waals surface area (Å²) in [6.07, 6.45) is 2.92. The van der Waals surface area contributed by atoms with Crippen molar-refractivity contribution in [1.29, 1.82) is 0 Å². The number of aromatic nitrogens is 1. The molecule has 3 rings (SSSR count). The van der Waals surface area contributed by atoms with E-state index in [-0.39, 0.29) is 22.9 Å². The van der Waals surface area contributed by atoms with Crippen LogP contribution in [-0.4, -0.2) is 18.3 Å². The molecule has 3 aromatic rings. The Hall–Kier alpha value is -3.20. The third-order valence-corrected chi connectivity index (χ3v) is 6.04. The summed E-state index contributed by atoms with van der Waals surface area (Å²) in [5, 5.41) is 11.2. The van der Waals surface area contributed by atoms with E-state index in [4.69, 9.17) is 4.42 Å². The Kier molecular flexibility index (Phi) is 4.95. The van der Waals surface area contributed by atoms with Crippen LogP contribution in [0.3, 0.4) is 0 Å². The van der Waals surface area contributed by atoms with Crippen LogP contribution in [0.25, 0.3) is 0 Å². The normalized spacial score (nSPS) is 11.3. The molecule has 0 saturated heterocycles. The van der Waals surface area contributed by atoms with E-state index in [1.54, 1.807) is 44.2 Å². The van der Waals surface area contributed by atoms with Crippen LogP contribution in [0.4, 0.5) is 11.5 Å². The zero-order valence-corrected chi connectivity index (χ0v) is 15.5. The van der Waals surface area contributed by atoms with Gasteiger partial charge in [0.05, 0.1) is 22.6 Å². The lowest BCUT2D eigenvalue weighted by atomic mass is 10.1. The third kappa shape index (κ3) is 3.68. The van der Waals surface area contributed by atoms with Gasteiger partial charge in [0.2, 0.25) is 0 Å². The predicted octanol–water partition coefficient (Wildman–Crippen LogP) is 3.60. The Bertz CT molecular complexity index is 1060. The Morgan fingerprint density at radius 2 is 1.96 bits per heavy atom. The predicted molar refractivity (Wildman–Crippen MR) is 98.9 cm³/mol. The molecule has 0 atom stereocenters. The van der Waals surface area contributed by atoms with Gasteiger partial charge in [-0.25, -0.2) is 17.7 Å². The molecule has 8 nitrogen and oxygen atoms in total. The van der Waals surface area contributed by atoms with Crippen LogP contribution in [0, 0.1) is 24.0 Å². The zero-order valence-electron chi connectivity index (χ0n) is 14.7. The molecule has 0 spiro atoms. The van der Waals surface area contributed by atoms with Crippen LogP contribution < -0.4 is 4.31 Å². The second kappa shape index (κ2) is 7.20. The summed E-state index contributed by atoms with van der Waals surface area (Å²) >= 11 is 0. The topological polar surface area (TPSA) is 107 Å². The zero-order chi connectivity index (χ0) is 19.6. The number of aryl methyl sites for hydroxylation is 1. The number of sulfonamides is 1. The number of furan rings is 1. The van der Waals surface area contributed by atoms with Gasteiger partial charge in [-0.15, -0.1) is 0 Å². The fourth-order valence-corrected chi connectivity index (χ4v) is 4.34. The summed E-state index contributed by atoms with van der Waals surface area (Å²) < 4.78 is 33.2. The Labute approximate surface area is 156 Å². The number of benzene rings is 1. The van der Waals surface area contributed by atoms with Crippen LogP contribution in [0.5, 0.6) is 0 Å². The molecule has 1 aromatic carbocycles. The molecule has 2 heterocycles. The van der Waals surface area contributed by atoms with Gasteiger partial charge in [-0.3, -0.25) is 10.1 Å².